The number of carboxylic acids is 1. The summed E-state index contributed by atoms with van der Waals surface area (Å²) in [6.45, 7) is 6.88. The van der Waals surface area contributed by atoms with Crippen LogP contribution in [0.5, 0.6) is 11.5 Å². The van der Waals surface area contributed by atoms with Crippen molar-refractivity contribution in [1.29, 1.82) is 0 Å². The van der Waals surface area contributed by atoms with E-state index in [2.05, 4.69) is 13.5 Å². The van der Waals surface area contributed by atoms with Crippen LogP contribution in [0.25, 0.3) is 0 Å². The van der Waals surface area contributed by atoms with E-state index in [1.165, 1.54) is 31.7 Å². The summed E-state index contributed by atoms with van der Waals surface area (Å²) >= 11 is 0. The van der Waals surface area contributed by atoms with Gasteiger partial charge in [-0.1, -0.05) is 45.1 Å². The largest absolute Gasteiger partial charge is 0.493 e. The molecule has 0 fully saturated rings. The standard InChI is InChI=1S/C19H28O4/c1-3-5-7-8-9-10-14-22-16-11-12-17(19(20)21)18(15-16)23-13-6-4-2/h4,11-12,15H,2-3,5-10,13-14H2,1H3,(H,20,21). The number of unbranched alkanes of at least 4 members (excludes halogenated alkanes) is 5. The fraction of sp³-hybridized carbons (Fsp3) is 0.526. The van der Waals surface area contributed by atoms with Crippen molar-refractivity contribution in [3.63, 3.8) is 0 Å². The second-order valence-corrected chi connectivity index (χ2v) is 5.51. The van der Waals surface area contributed by atoms with Gasteiger partial charge in [-0.15, -0.1) is 6.58 Å². The molecule has 0 radical (unpaired) electrons. The van der Waals surface area contributed by atoms with Crippen LogP contribution in [0, 0.1) is 0 Å². The van der Waals surface area contributed by atoms with Gasteiger partial charge in [0.2, 0.25) is 0 Å². The van der Waals surface area contributed by atoms with Crippen molar-refractivity contribution in [2.24, 2.45) is 0 Å². The molecule has 128 valence electrons. The first-order valence-electron chi connectivity index (χ1n) is 8.42. The minimum Gasteiger partial charge on any atom is -0.493 e. The number of hydrogen-bond donors (Lipinski definition) is 1. The Hall–Kier alpha value is -1.97. The highest BCUT2D eigenvalue weighted by Gasteiger charge is 2.12. The van der Waals surface area contributed by atoms with Crippen molar-refractivity contribution < 1.29 is 19.4 Å². The predicted molar refractivity (Wildman–Crippen MR) is 92.6 cm³/mol. The fourth-order valence-electron chi connectivity index (χ4n) is 2.21. The van der Waals surface area contributed by atoms with Gasteiger partial charge in [-0.2, -0.15) is 0 Å². The second-order valence-electron chi connectivity index (χ2n) is 5.51. The topological polar surface area (TPSA) is 55.8 Å². The van der Waals surface area contributed by atoms with Gasteiger partial charge < -0.3 is 14.6 Å². The van der Waals surface area contributed by atoms with Gasteiger partial charge in [0, 0.05) is 6.07 Å². The van der Waals surface area contributed by atoms with E-state index in [1.54, 1.807) is 18.2 Å². The summed E-state index contributed by atoms with van der Waals surface area (Å²) in [6, 6.07) is 4.87. The minimum atomic E-state index is -0.999. The van der Waals surface area contributed by atoms with Gasteiger partial charge in [0.05, 0.1) is 13.2 Å². The Bertz CT molecular complexity index is 482. The van der Waals surface area contributed by atoms with Crippen LogP contribution in [-0.2, 0) is 0 Å². The maximum absolute atomic E-state index is 11.2. The maximum Gasteiger partial charge on any atom is 0.339 e. The molecule has 0 bridgehead atoms. The first-order valence-corrected chi connectivity index (χ1v) is 8.42. The normalized spacial score (nSPS) is 10.3. The van der Waals surface area contributed by atoms with Crippen molar-refractivity contribution in [2.75, 3.05) is 13.2 Å². The molecule has 1 N–H and O–H groups in total. The third kappa shape index (κ3) is 7.73. The van der Waals surface area contributed by atoms with E-state index in [0.717, 1.165) is 12.8 Å². The molecule has 0 atom stereocenters. The van der Waals surface area contributed by atoms with Crippen LogP contribution in [0.1, 0.15) is 62.2 Å². The second kappa shape index (κ2) is 11.6. The van der Waals surface area contributed by atoms with Gasteiger partial charge >= 0.3 is 5.97 Å². The summed E-state index contributed by atoms with van der Waals surface area (Å²) in [6.07, 6.45) is 9.65. The Morgan fingerprint density at radius 1 is 1.13 bits per heavy atom. The zero-order valence-electron chi connectivity index (χ0n) is 14.1. The Labute approximate surface area is 139 Å². The summed E-state index contributed by atoms with van der Waals surface area (Å²) in [5.74, 6) is -0.00182. The minimum absolute atomic E-state index is 0.154. The third-order valence-corrected chi connectivity index (χ3v) is 3.53. The van der Waals surface area contributed by atoms with E-state index in [4.69, 9.17) is 9.47 Å². The molecule has 0 aromatic heterocycles. The number of ether oxygens (including phenoxy) is 2. The molecule has 0 aliphatic carbocycles. The van der Waals surface area contributed by atoms with Crippen molar-refractivity contribution >= 4 is 5.97 Å². The quantitative estimate of drug-likeness (QED) is 0.407. The smallest absolute Gasteiger partial charge is 0.339 e. The molecule has 0 saturated heterocycles. The van der Waals surface area contributed by atoms with E-state index < -0.39 is 5.97 Å². The van der Waals surface area contributed by atoms with Crippen molar-refractivity contribution in [3.8, 4) is 11.5 Å². The lowest BCUT2D eigenvalue weighted by Gasteiger charge is -2.11. The monoisotopic (exact) mass is 320 g/mol. The molecule has 23 heavy (non-hydrogen) atoms. The molecule has 0 saturated carbocycles. The molecule has 1 rings (SSSR count). The summed E-state index contributed by atoms with van der Waals surface area (Å²) in [4.78, 5) is 11.2. The van der Waals surface area contributed by atoms with Gasteiger partial charge in [0.1, 0.15) is 17.1 Å². The van der Waals surface area contributed by atoms with Gasteiger partial charge in [-0.25, -0.2) is 4.79 Å². The molecule has 0 unspecified atom stereocenters. The summed E-state index contributed by atoms with van der Waals surface area (Å²) in [5.41, 5.74) is 0.154. The number of benzene rings is 1. The van der Waals surface area contributed by atoms with Gasteiger partial charge in [-0.05, 0) is 25.0 Å². The fourth-order valence-corrected chi connectivity index (χ4v) is 2.21. The Morgan fingerprint density at radius 2 is 1.87 bits per heavy atom. The van der Waals surface area contributed by atoms with Crippen LogP contribution in [0.2, 0.25) is 0 Å². The summed E-state index contributed by atoms with van der Waals surface area (Å²) in [7, 11) is 0. The molecule has 1 aromatic rings. The first kappa shape index (κ1) is 19.1. The average molecular weight is 320 g/mol. The molecule has 0 spiro atoms. The highest BCUT2D eigenvalue weighted by Crippen LogP contribution is 2.25. The SMILES string of the molecule is C=CCCOc1cc(OCCCCCCCC)ccc1C(=O)O. The molecular formula is C19H28O4. The molecule has 1 aromatic carbocycles. The van der Waals surface area contributed by atoms with Crippen LogP contribution in [0.3, 0.4) is 0 Å². The lowest BCUT2D eigenvalue weighted by Crippen LogP contribution is -2.05. The predicted octanol–water partition coefficient (Wildman–Crippen LogP) is 5.08. The average Bonchev–Trinajstić information content (AvgIpc) is 2.54. The highest BCUT2D eigenvalue weighted by molar-refractivity contribution is 5.91. The Morgan fingerprint density at radius 3 is 2.57 bits per heavy atom. The van der Waals surface area contributed by atoms with Crippen LogP contribution >= 0.6 is 0 Å². The third-order valence-electron chi connectivity index (χ3n) is 3.53. The molecule has 0 aliphatic rings. The zero-order valence-corrected chi connectivity index (χ0v) is 14.1. The lowest BCUT2D eigenvalue weighted by molar-refractivity contribution is 0.0692. The van der Waals surface area contributed by atoms with Crippen molar-refractivity contribution in [1.82, 2.24) is 0 Å². The van der Waals surface area contributed by atoms with E-state index in [9.17, 15) is 9.90 Å². The zero-order chi connectivity index (χ0) is 16.9. The van der Waals surface area contributed by atoms with Crippen LogP contribution in [0.15, 0.2) is 30.9 Å². The first-order chi connectivity index (χ1) is 11.2. The lowest BCUT2D eigenvalue weighted by atomic mass is 10.1. The van der Waals surface area contributed by atoms with Crippen molar-refractivity contribution in [2.45, 2.75) is 51.9 Å². The van der Waals surface area contributed by atoms with Crippen LogP contribution in [0.4, 0.5) is 0 Å². The van der Waals surface area contributed by atoms with Crippen LogP contribution < -0.4 is 9.47 Å². The summed E-state index contributed by atoms with van der Waals surface area (Å²) in [5, 5.41) is 9.19. The molecular weight excluding hydrogens is 292 g/mol. The van der Waals surface area contributed by atoms with Crippen LogP contribution in [-0.4, -0.2) is 24.3 Å². The van der Waals surface area contributed by atoms with Crippen molar-refractivity contribution in [3.05, 3.63) is 36.4 Å². The van der Waals surface area contributed by atoms with Gasteiger partial charge in [0.15, 0.2) is 0 Å². The van der Waals surface area contributed by atoms with E-state index in [1.807, 2.05) is 0 Å². The molecule has 0 amide bonds. The number of hydrogen-bond acceptors (Lipinski definition) is 3. The number of rotatable bonds is 13. The maximum atomic E-state index is 11.2. The Balaban J connectivity index is 2.47. The molecule has 0 heterocycles. The number of aromatic carboxylic acids is 1. The van der Waals surface area contributed by atoms with E-state index in [0.29, 0.717) is 31.1 Å². The molecule has 0 aliphatic heterocycles. The number of carbonyl (C=O) groups is 1. The highest BCUT2D eigenvalue weighted by atomic mass is 16.5. The summed E-state index contributed by atoms with van der Waals surface area (Å²) < 4.78 is 11.2. The van der Waals surface area contributed by atoms with E-state index in [-0.39, 0.29) is 5.56 Å². The van der Waals surface area contributed by atoms with Gasteiger partial charge in [-0.3, -0.25) is 0 Å². The molecule has 4 heteroatoms. The Kier molecular flexibility index (Phi) is 9.60. The van der Waals surface area contributed by atoms with Gasteiger partial charge in [0.25, 0.3) is 0 Å². The molecule has 4 nitrogen and oxygen atoms in total. The number of carboxylic acid groups (broad SMARTS) is 1. The van der Waals surface area contributed by atoms with E-state index >= 15 is 0 Å².